The van der Waals surface area contributed by atoms with Gasteiger partial charge in [0.2, 0.25) is 0 Å². The van der Waals surface area contributed by atoms with Crippen molar-refractivity contribution < 1.29 is 9.59 Å². The second-order valence-corrected chi connectivity index (χ2v) is 7.08. The Labute approximate surface area is 170 Å². The number of benzene rings is 2. The third-order valence-electron chi connectivity index (χ3n) is 5.27. The Morgan fingerprint density at radius 1 is 0.733 bits per heavy atom. The maximum absolute atomic E-state index is 12.5. The van der Waals surface area contributed by atoms with Crippen LogP contribution in [0.2, 0.25) is 0 Å². The first kappa shape index (κ1) is 18.0. The molecule has 10 heteroatoms. The van der Waals surface area contributed by atoms with E-state index in [-0.39, 0.29) is 11.8 Å². The molecular weight excluding hydrogens is 384 g/mol. The minimum absolute atomic E-state index is 0.250. The van der Waals surface area contributed by atoms with Gasteiger partial charge in [0, 0.05) is 11.1 Å². The number of para-hydroxylation sites is 2. The Kier molecular flexibility index (Phi) is 4.24. The summed E-state index contributed by atoms with van der Waals surface area (Å²) in [6.07, 6.45) is 3.29. The van der Waals surface area contributed by atoms with Crippen molar-refractivity contribution in [1.29, 1.82) is 0 Å². The van der Waals surface area contributed by atoms with Crippen LogP contribution in [0.25, 0.3) is 22.1 Å². The summed E-state index contributed by atoms with van der Waals surface area (Å²) in [6, 6.07) is 14.8. The predicted molar refractivity (Wildman–Crippen MR) is 109 cm³/mol. The minimum atomic E-state index is -0.250. The van der Waals surface area contributed by atoms with Crippen molar-refractivity contribution >= 4 is 33.9 Å². The molecule has 30 heavy (non-hydrogen) atoms. The highest BCUT2D eigenvalue weighted by molar-refractivity contribution is 6.29. The molecule has 0 saturated heterocycles. The van der Waals surface area contributed by atoms with E-state index in [9.17, 15) is 9.59 Å². The smallest absolute Gasteiger partial charge is 0.277 e. The Balaban J connectivity index is 0.000000161. The maximum atomic E-state index is 12.5. The minimum Gasteiger partial charge on any atom is -0.321 e. The van der Waals surface area contributed by atoms with Gasteiger partial charge in [0.15, 0.2) is 0 Å². The highest BCUT2D eigenvalue weighted by Gasteiger charge is 2.41. The molecule has 1 aliphatic carbocycles. The highest BCUT2D eigenvalue weighted by Crippen LogP contribution is 2.32. The molecule has 0 spiro atoms. The number of imide groups is 1. The van der Waals surface area contributed by atoms with Crippen LogP contribution in [0.15, 0.2) is 59.7 Å². The summed E-state index contributed by atoms with van der Waals surface area (Å²) in [5.74, 6) is 4.92. The van der Waals surface area contributed by atoms with Crippen LogP contribution in [0.5, 0.6) is 0 Å². The Bertz CT molecular complexity index is 1290. The Morgan fingerprint density at radius 2 is 1.27 bits per heavy atom. The fourth-order valence-corrected chi connectivity index (χ4v) is 3.79. The summed E-state index contributed by atoms with van der Waals surface area (Å²) < 4.78 is 0. The molecule has 0 bridgehead atoms. The number of hydrogen-bond donors (Lipinski definition) is 1. The van der Waals surface area contributed by atoms with Crippen molar-refractivity contribution in [2.75, 3.05) is 10.9 Å². The first-order chi connectivity index (χ1) is 14.6. The number of carbonyl (C=O) groups excluding carboxylic acids is 2. The van der Waals surface area contributed by atoms with Crippen molar-refractivity contribution in [2.45, 2.75) is 25.7 Å². The number of aromatic nitrogens is 6. The number of nitrogens with zero attached hydrogens (tertiary/aromatic N) is 7. The van der Waals surface area contributed by atoms with Crippen LogP contribution in [0.3, 0.4) is 0 Å². The molecule has 2 aromatic carbocycles. The summed E-state index contributed by atoms with van der Waals surface area (Å²) in [6.45, 7) is 0. The standard InChI is InChI=1S/C14H12N4O2.C6H6N4/c19-13-9-5-1-2-6-10(9)14(20)17(13)18-12-8-4-3-7-11(12)15-16-18;7-10-6-4-2-1-3-5(6)8-9-10/h3-4,7-8H,1-2,5-6H2;1-4H,7H2. The summed E-state index contributed by atoms with van der Waals surface area (Å²) >= 11 is 0. The van der Waals surface area contributed by atoms with E-state index in [0.717, 1.165) is 28.9 Å². The molecule has 2 aliphatic rings. The molecular formula is C20H18N8O2. The summed E-state index contributed by atoms with van der Waals surface area (Å²) in [5.41, 5.74) is 4.31. The largest absolute Gasteiger partial charge is 0.321 e. The zero-order chi connectivity index (χ0) is 20.7. The molecule has 0 unspecified atom stereocenters. The van der Waals surface area contributed by atoms with Crippen molar-refractivity contribution in [1.82, 2.24) is 30.2 Å². The van der Waals surface area contributed by atoms with Crippen molar-refractivity contribution in [2.24, 2.45) is 0 Å². The molecule has 1 aliphatic heterocycles. The topological polar surface area (TPSA) is 125 Å². The first-order valence-corrected chi connectivity index (χ1v) is 9.62. The molecule has 0 radical (unpaired) electrons. The lowest BCUT2D eigenvalue weighted by Crippen LogP contribution is -2.42. The van der Waals surface area contributed by atoms with E-state index in [4.69, 9.17) is 5.84 Å². The average Bonchev–Trinajstić information content (AvgIpc) is 3.45. The number of rotatable bonds is 1. The van der Waals surface area contributed by atoms with Gasteiger partial charge in [-0.2, -0.15) is 9.80 Å². The number of hydrogen-bond acceptors (Lipinski definition) is 7. The van der Waals surface area contributed by atoms with Gasteiger partial charge in [-0.3, -0.25) is 9.59 Å². The number of amides is 2. The van der Waals surface area contributed by atoms with Gasteiger partial charge in [-0.15, -0.1) is 15.0 Å². The first-order valence-electron chi connectivity index (χ1n) is 9.62. The van der Waals surface area contributed by atoms with Crippen molar-refractivity contribution in [3.63, 3.8) is 0 Å². The van der Waals surface area contributed by atoms with Gasteiger partial charge in [-0.1, -0.05) is 24.3 Å². The molecule has 2 N–H and O–H groups in total. The zero-order valence-corrected chi connectivity index (χ0v) is 16.0. The third-order valence-corrected chi connectivity index (χ3v) is 5.27. The van der Waals surface area contributed by atoms with E-state index in [0.29, 0.717) is 35.0 Å². The number of carbonyl (C=O) groups is 2. The lowest BCUT2D eigenvalue weighted by molar-refractivity contribution is -0.123. The van der Waals surface area contributed by atoms with E-state index in [1.807, 2.05) is 36.4 Å². The zero-order valence-electron chi connectivity index (χ0n) is 16.0. The molecule has 2 aromatic heterocycles. The second kappa shape index (κ2) is 7.07. The van der Waals surface area contributed by atoms with Crippen LogP contribution < -0.4 is 10.9 Å². The highest BCUT2D eigenvalue weighted by atomic mass is 16.2. The van der Waals surface area contributed by atoms with Gasteiger partial charge in [0.05, 0.1) is 0 Å². The third kappa shape index (κ3) is 2.81. The van der Waals surface area contributed by atoms with Gasteiger partial charge in [0.25, 0.3) is 11.8 Å². The number of nitrogen functional groups attached to an aromatic ring is 1. The molecule has 2 amide bonds. The van der Waals surface area contributed by atoms with Crippen LogP contribution in [0, 0.1) is 0 Å². The van der Waals surface area contributed by atoms with Crippen molar-refractivity contribution in [3.05, 3.63) is 59.7 Å². The molecule has 0 saturated carbocycles. The van der Waals surface area contributed by atoms with Gasteiger partial charge in [-0.25, -0.2) is 0 Å². The lowest BCUT2D eigenvalue weighted by Gasteiger charge is -2.14. The monoisotopic (exact) mass is 402 g/mol. The number of fused-ring (bicyclic) bond motifs is 2. The van der Waals surface area contributed by atoms with Crippen LogP contribution in [0.4, 0.5) is 0 Å². The van der Waals surface area contributed by atoms with E-state index in [2.05, 4.69) is 20.6 Å². The Morgan fingerprint density at radius 3 is 1.90 bits per heavy atom. The van der Waals surface area contributed by atoms with Gasteiger partial charge < -0.3 is 5.84 Å². The van der Waals surface area contributed by atoms with Gasteiger partial charge in [-0.05, 0) is 60.4 Å². The summed E-state index contributed by atoms with van der Waals surface area (Å²) in [5, 5.41) is 16.5. The van der Waals surface area contributed by atoms with E-state index in [1.165, 1.54) is 9.58 Å². The van der Waals surface area contributed by atoms with E-state index >= 15 is 0 Å². The Hall–Kier alpha value is -4.08. The van der Waals surface area contributed by atoms with Gasteiger partial charge >= 0.3 is 0 Å². The average molecular weight is 402 g/mol. The van der Waals surface area contributed by atoms with Crippen LogP contribution in [0.1, 0.15) is 25.7 Å². The molecule has 150 valence electrons. The fourth-order valence-electron chi connectivity index (χ4n) is 3.79. The second-order valence-electron chi connectivity index (χ2n) is 7.08. The van der Waals surface area contributed by atoms with Crippen LogP contribution in [-0.2, 0) is 9.59 Å². The summed E-state index contributed by atoms with van der Waals surface area (Å²) in [7, 11) is 0. The summed E-state index contributed by atoms with van der Waals surface area (Å²) in [4.78, 5) is 27.5. The fraction of sp³-hybridized carbons (Fsp3) is 0.200. The molecule has 4 aromatic rings. The normalized spacial score (nSPS) is 16.2. The van der Waals surface area contributed by atoms with E-state index in [1.54, 1.807) is 12.1 Å². The van der Waals surface area contributed by atoms with Gasteiger partial charge in [0.1, 0.15) is 22.1 Å². The van der Waals surface area contributed by atoms with Crippen molar-refractivity contribution in [3.8, 4) is 0 Å². The molecule has 10 nitrogen and oxygen atoms in total. The lowest BCUT2D eigenvalue weighted by atomic mass is 9.93. The predicted octanol–water partition coefficient (Wildman–Crippen LogP) is 1.45. The SMILES string of the molecule is Nn1nnc2ccccc21.O=C1C2=C(CCCC2)C(=O)N1n1nnc2ccccc21. The van der Waals surface area contributed by atoms with Crippen LogP contribution >= 0.6 is 0 Å². The van der Waals surface area contributed by atoms with E-state index < -0.39 is 0 Å². The molecule has 0 fully saturated rings. The number of nitrogens with two attached hydrogens (primary N) is 1. The molecule has 0 atom stereocenters. The quantitative estimate of drug-likeness (QED) is 0.377. The molecule has 3 heterocycles. The maximum Gasteiger partial charge on any atom is 0.277 e. The van der Waals surface area contributed by atoms with Crippen LogP contribution in [-0.4, -0.2) is 42.0 Å². The molecule has 6 rings (SSSR count).